The van der Waals surface area contributed by atoms with Crippen molar-refractivity contribution in [2.45, 2.75) is 46.6 Å². The Bertz CT molecular complexity index is 341. The van der Waals surface area contributed by atoms with Crippen LogP contribution in [-0.2, 0) is 11.2 Å². The second-order valence-electron chi connectivity index (χ2n) is 4.94. The van der Waals surface area contributed by atoms with Crippen LogP contribution in [0.4, 0.5) is 0 Å². The van der Waals surface area contributed by atoms with Gasteiger partial charge in [-0.1, -0.05) is 30.7 Å². The van der Waals surface area contributed by atoms with Gasteiger partial charge in [-0.2, -0.15) is 0 Å². The van der Waals surface area contributed by atoms with E-state index in [1.54, 1.807) is 0 Å². The van der Waals surface area contributed by atoms with E-state index in [9.17, 15) is 0 Å². The van der Waals surface area contributed by atoms with E-state index in [1.165, 1.54) is 16.7 Å². The number of rotatable bonds is 8. The summed E-state index contributed by atoms with van der Waals surface area (Å²) >= 11 is 0. The Labute approximate surface area is 112 Å². The first-order chi connectivity index (χ1) is 8.67. The van der Waals surface area contributed by atoms with Crippen molar-refractivity contribution in [3.05, 3.63) is 34.9 Å². The standard InChI is InChI=1S/C16H27NO/c1-5-9-17-16(12-18-6-2)11-15-10-13(3)7-8-14(15)4/h7-8,10,16-17H,5-6,9,11-12H2,1-4H3. The van der Waals surface area contributed by atoms with E-state index in [0.29, 0.717) is 6.04 Å². The van der Waals surface area contributed by atoms with E-state index in [-0.39, 0.29) is 0 Å². The molecular formula is C16H27NO. The van der Waals surface area contributed by atoms with Gasteiger partial charge in [-0.05, 0) is 51.3 Å². The van der Waals surface area contributed by atoms with E-state index in [4.69, 9.17) is 4.74 Å². The first kappa shape index (κ1) is 15.2. The fourth-order valence-corrected chi connectivity index (χ4v) is 2.08. The third kappa shape index (κ3) is 5.19. The second kappa shape index (κ2) is 8.28. The lowest BCUT2D eigenvalue weighted by Crippen LogP contribution is -2.36. The molecule has 102 valence electrons. The highest BCUT2D eigenvalue weighted by Gasteiger charge is 2.10. The summed E-state index contributed by atoms with van der Waals surface area (Å²) in [6.45, 7) is 11.2. The Morgan fingerprint density at radius 3 is 2.67 bits per heavy atom. The molecule has 0 aliphatic carbocycles. The fraction of sp³-hybridized carbons (Fsp3) is 0.625. The smallest absolute Gasteiger partial charge is 0.0622 e. The van der Waals surface area contributed by atoms with Crippen molar-refractivity contribution >= 4 is 0 Å². The lowest BCUT2D eigenvalue weighted by atomic mass is 9.99. The molecule has 2 heteroatoms. The molecule has 0 radical (unpaired) electrons. The first-order valence-corrected chi connectivity index (χ1v) is 7.04. The maximum atomic E-state index is 5.57. The molecule has 1 N–H and O–H groups in total. The minimum atomic E-state index is 0.422. The van der Waals surface area contributed by atoms with Crippen molar-refractivity contribution in [2.24, 2.45) is 0 Å². The molecule has 1 rings (SSSR count). The van der Waals surface area contributed by atoms with Crippen LogP contribution in [0.1, 0.15) is 37.0 Å². The number of aryl methyl sites for hydroxylation is 2. The van der Waals surface area contributed by atoms with Crippen LogP contribution in [0.5, 0.6) is 0 Å². The average Bonchev–Trinajstić information content (AvgIpc) is 2.37. The van der Waals surface area contributed by atoms with Gasteiger partial charge < -0.3 is 10.1 Å². The molecule has 0 amide bonds. The van der Waals surface area contributed by atoms with Crippen molar-refractivity contribution in [2.75, 3.05) is 19.8 Å². The molecule has 1 aromatic carbocycles. The van der Waals surface area contributed by atoms with Gasteiger partial charge in [0, 0.05) is 12.6 Å². The molecule has 1 unspecified atom stereocenters. The number of hydrogen-bond acceptors (Lipinski definition) is 2. The first-order valence-electron chi connectivity index (χ1n) is 7.04. The molecule has 2 nitrogen and oxygen atoms in total. The molecule has 18 heavy (non-hydrogen) atoms. The van der Waals surface area contributed by atoms with Gasteiger partial charge in [0.25, 0.3) is 0 Å². The van der Waals surface area contributed by atoms with E-state index in [1.807, 2.05) is 0 Å². The molecular weight excluding hydrogens is 222 g/mol. The van der Waals surface area contributed by atoms with Gasteiger partial charge in [0.2, 0.25) is 0 Å². The zero-order valence-corrected chi connectivity index (χ0v) is 12.3. The maximum absolute atomic E-state index is 5.57. The molecule has 0 heterocycles. The third-order valence-electron chi connectivity index (χ3n) is 3.18. The van der Waals surface area contributed by atoms with Gasteiger partial charge in [0.05, 0.1) is 6.61 Å². The molecule has 0 saturated heterocycles. The minimum absolute atomic E-state index is 0.422. The SMILES string of the molecule is CCCNC(COCC)Cc1cc(C)ccc1C. The third-order valence-corrected chi connectivity index (χ3v) is 3.18. The summed E-state index contributed by atoms with van der Waals surface area (Å²) in [5.41, 5.74) is 4.14. The van der Waals surface area contributed by atoms with Gasteiger partial charge in [-0.3, -0.25) is 0 Å². The molecule has 0 aliphatic rings. The van der Waals surface area contributed by atoms with Gasteiger partial charge in [-0.15, -0.1) is 0 Å². The zero-order valence-electron chi connectivity index (χ0n) is 12.3. The topological polar surface area (TPSA) is 21.3 Å². The van der Waals surface area contributed by atoms with Crippen LogP contribution in [0, 0.1) is 13.8 Å². The van der Waals surface area contributed by atoms with Crippen LogP contribution in [0.25, 0.3) is 0 Å². The quantitative estimate of drug-likeness (QED) is 0.763. The zero-order chi connectivity index (χ0) is 13.4. The maximum Gasteiger partial charge on any atom is 0.0622 e. The summed E-state index contributed by atoms with van der Waals surface area (Å²) in [5, 5.41) is 3.57. The lowest BCUT2D eigenvalue weighted by molar-refractivity contribution is 0.122. The predicted molar refractivity (Wildman–Crippen MR) is 78.2 cm³/mol. The Kier molecular flexibility index (Phi) is 6.99. The summed E-state index contributed by atoms with van der Waals surface area (Å²) in [4.78, 5) is 0. The van der Waals surface area contributed by atoms with Crippen LogP contribution in [-0.4, -0.2) is 25.8 Å². The van der Waals surface area contributed by atoms with E-state index < -0.39 is 0 Å². The van der Waals surface area contributed by atoms with Crippen molar-refractivity contribution in [1.82, 2.24) is 5.32 Å². The number of hydrogen-bond donors (Lipinski definition) is 1. The Morgan fingerprint density at radius 2 is 2.00 bits per heavy atom. The molecule has 0 fully saturated rings. The largest absolute Gasteiger partial charge is 0.380 e. The number of nitrogens with one attached hydrogen (secondary N) is 1. The highest BCUT2D eigenvalue weighted by atomic mass is 16.5. The molecule has 0 aromatic heterocycles. The number of benzene rings is 1. The van der Waals surface area contributed by atoms with Crippen LogP contribution in [0.3, 0.4) is 0 Å². The molecule has 0 saturated carbocycles. The summed E-state index contributed by atoms with van der Waals surface area (Å²) < 4.78 is 5.57. The van der Waals surface area contributed by atoms with Gasteiger partial charge in [0.1, 0.15) is 0 Å². The van der Waals surface area contributed by atoms with Crippen LogP contribution in [0.15, 0.2) is 18.2 Å². The van der Waals surface area contributed by atoms with Crippen molar-refractivity contribution in [3.8, 4) is 0 Å². The van der Waals surface area contributed by atoms with Crippen molar-refractivity contribution < 1.29 is 4.74 Å². The fourth-order valence-electron chi connectivity index (χ4n) is 2.08. The van der Waals surface area contributed by atoms with Gasteiger partial charge in [0.15, 0.2) is 0 Å². The van der Waals surface area contributed by atoms with Crippen LogP contribution in [0.2, 0.25) is 0 Å². The normalized spacial score (nSPS) is 12.7. The summed E-state index contributed by atoms with van der Waals surface area (Å²) in [6, 6.07) is 7.10. The molecule has 0 spiro atoms. The highest BCUT2D eigenvalue weighted by Crippen LogP contribution is 2.13. The van der Waals surface area contributed by atoms with Gasteiger partial charge >= 0.3 is 0 Å². The Morgan fingerprint density at radius 1 is 1.22 bits per heavy atom. The van der Waals surface area contributed by atoms with E-state index in [2.05, 4.69) is 51.2 Å². The van der Waals surface area contributed by atoms with E-state index >= 15 is 0 Å². The Hall–Kier alpha value is -0.860. The van der Waals surface area contributed by atoms with Crippen LogP contribution >= 0.6 is 0 Å². The summed E-state index contributed by atoms with van der Waals surface area (Å²) in [6.07, 6.45) is 2.21. The van der Waals surface area contributed by atoms with Crippen molar-refractivity contribution in [3.63, 3.8) is 0 Å². The van der Waals surface area contributed by atoms with Crippen LogP contribution < -0.4 is 5.32 Å². The highest BCUT2D eigenvalue weighted by molar-refractivity contribution is 5.31. The summed E-state index contributed by atoms with van der Waals surface area (Å²) in [5.74, 6) is 0. The second-order valence-corrected chi connectivity index (χ2v) is 4.94. The minimum Gasteiger partial charge on any atom is -0.380 e. The lowest BCUT2D eigenvalue weighted by Gasteiger charge is -2.19. The van der Waals surface area contributed by atoms with E-state index in [0.717, 1.165) is 32.6 Å². The van der Waals surface area contributed by atoms with Gasteiger partial charge in [-0.25, -0.2) is 0 Å². The van der Waals surface area contributed by atoms with Crippen molar-refractivity contribution in [1.29, 1.82) is 0 Å². The summed E-state index contributed by atoms with van der Waals surface area (Å²) in [7, 11) is 0. The number of ether oxygens (including phenoxy) is 1. The predicted octanol–water partition coefficient (Wildman–Crippen LogP) is 3.25. The average molecular weight is 249 g/mol. The molecule has 0 aliphatic heterocycles. The Balaban J connectivity index is 2.65. The molecule has 1 atom stereocenters. The molecule has 1 aromatic rings. The monoisotopic (exact) mass is 249 g/mol. The molecule has 0 bridgehead atoms.